The van der Waals surface area contributed by atoms with Crippen molar-refractivity contribution in [3.63, 3.8) is 0 Å². The average Bonchev–Trinajstić information content (AvgIpc) is 2.97. The van der Waals surface area contributed by atoms with E-state index in [1.165, 1.54) is 0 Å². The number of hydrogen-bond donors (Lipinski definition) is 0. The lowest BCUT2D eigenvalue weighted by molar-refractivity contribution is -0.143. The van der Waals surface area contributed by atoms with E-state index in [9.17, 15) is 4.79 Å². The van der Waals surface area contributed by atoms with E-state index < -0.39 is 13.7 Å². The number of carbonyl (C=O) groups excluding carboxylic acids is 1. The van der Waals surface area contributed by atoms with E-state index in [0.717, 1.165) is 28.6 Å². The molecular formula is C24H33NO3Si. The van der Waals surface area contributed by atoms with E-state index in [-0.39, 0.29) is 17.1 Å². The summed E-state index contributed by atoms with van der Waals surface area (Å²) in [4.78, 5) is 16.8. The van der Waals surface area contributed by atoms with Crippen molar-refractivity contribution < 1.29 is 14.0 Å². The molecule has 0 bridgehead atoms. The third-order valence-electron chi connectivity index (χ3n) is 6.40. The van der Waals surface area contributed by atoms with Gasteiger partial charge in [0.1, 0.15) is 0 Å². The summed E-state index contributed by atoms with van der Waals surface area (Å²) < 4.78 is 11.6. The van der Waals surface area contributed by atoms with Gasteiger partial charge in [-0.25, -0.2) is 0 Å². The number of rotatable bonds is 5. The standard InChI is InChI=1S/C24H33NO3Si/c1-17(28-29(6,7)23(2,3)4)20-11-10-19-9-8-18(16-21(19)25-20)12-13-24(5)14-15-27-22(24)26/h8-13,16-17H,14-15H2,1-7H3/t17-,24?/m1/s1. The molecule has 0 spiro atoms. The molecule has 2 atom stereocenters. The van der Waals surface area contributed by atoms with Crippen LogP contribution in [0.4, 0.5) is 0 Å². The first kappa shape index (κ1) is 21.7. The molecule has 2 heterocycles. The molecule has 29 heavy (non-hydrogen) atoms. The maximum absolute atomic E-state index is 11.9. The SMILES string of the molecule is C[C@@H](O[Si](C)(C)C(C)(C)C)c1ccc2ccc(C=CC3(C)CCOC3=O)cc2n1. The number of carbonyl (C=O) groups is 1. The Morgan fingerprint density at radius 3 is 2.55 bits per heavy atom. The molecule has 1 aliphatic heterocycles. The predicted molar refractivity (Wildman–Crippen MR) is 121 cm³/mol. The summed E-state index contributed by atoms with van der Waals surface area (Å²) in [6.07, 6.45) is 4.62. The summed E-state index contributed by atoms with van der Waals surface area (Å²) in [5, 5.41) is 1.25. The largest absolute Gasteiger partial charge is 0.465 e. The van der Waals surface area contributed by atoms with Crippen molar-refractivity contribution in [3.8, 4) is 0 Å². The van der Waals surface area contributed by atoms with Crippen molar-refractivity contribution in [2.75, 3.05) is 6.61 Å². The first-order valence-electron chi connectivity index (χ1n) is 10.4. The van der Waals surface area contributed by atoms with Crippen molar-refractivity contribution in [2.45, 2.75) is 65.3 Å². The zero-order valence-corrected chi connectivity index (χ0v) is 19.7. The van der Waals surface area contributed by atoms with E-state index in [4.69, 9.17) is 14.1 Å². The molecule has 2 aromatic rings. The summed E-state index contributed by atoms with van der Waals surface area (Å²) in [6, 6.07) is 10.4. The van der Waals surface area contributed by atoms with Gasteiger partial charge in [0, 0.05) is 11.8 Å². The number of cyclic esters (lactones) is 1. The normalized spacial score (nSPS) is 21.7. The highest BCUT2D eigenvalue weighted by atomic mass is 28.4. The Bertz CT molecular complexity index is 945. The molecule has 0 amide bonds. The van der Waals surface area contributed by atoms with Crippen LogP contribution in [0, 0.1) is 5.41 Å². The minimum atomic E-state index is -1.87. The number of fused-ring (bicyclic) bond motifs is 1. The predicted octanol–water partition coefficient (Wildman–Crippen LogP) is 6.28. The van der Waals surface area contributed by atoms with Crippen LogP contribution in [0.5, 0.6) is 0 Å². The highest BCUT2D eigenvalue weighted by Gasteiger charge is 2.39. The van der Waals surface area contributed by atoms with Gasteiger partial charge in [-0.2, -0.15) is 0 Å². The monoisotopic (exact) mass is 411 g/mol. The average molecular weight is 412 g/mol. The second-order valence-corrected chi connectivity index (χ2v) is 14.6. The molecule has 0 aliphatic carbocycles. The van der Waals surface area contributed by atoms with E-state index in [1.54, 1.807) is 0 Å². The van der Waals surface area contributed by atoms with Crippen molar-refractivity contribution in [1.82, 2.24) is 4.98 Å². The fourth-order valence-corrected chi connectivity index (χ4v) is 4.57. The van der Waals surface area contributed by atoms with Gasteiger partial charge in [-0.05, 0) is 49.7 Å². The van der Waals surface area contributed by atoms with Gasteiger partial charge in [0.25, 0.3) is 0 Å². The summed E-state index contributed by atoms with van der Waals surface area (Å²) in [5.74, 6) is -0.147. The molecule has 5 heteroatoms. The van der Waals surface area contributed by atoms with Gasteiger partial charge in [-0.3, -0.25) is 9.78 Å². The highest BCUT2D eigenvalue weighted by Crippen LogP contribution is 2.39. The van der Waals surface area contributed by atoms with Crippen LogP contribution in [0.2, 0.25) is 18.1 Å². The fourth-order valence-electron chi connectivity index (χ4n) is 3.21. The van der Waals surface area contributed by atoms with E-state index in [1.807, 2.05) is 19.1 Å². The lowest BCUT2D eigenvalue weighted by atomic mass is 9.88. The van der Waals surface area contributed by atoms with Crippen LogP contribution in [0.3, 0.4) is 0 Å². The lowest BCUT2D eigenvalue weighted by Crippen LogP contribution is -2.41. The van der Waals surface area contributed by atoms with E-state index in [2.05, 4.69) is 71.1 Å². The highest BCUT2D eigenvalue weighted by molar-refractivity contribution is 6.74. The van der Waals surface area contributed by atoms with Crippen molar-refractivity contribution in [3.05, 3.63) is 47.7 Å². The van der Waals surface area contributed by atoms with Crippen LogP contribution in [0.15, 0.2) is 36.4 Å². The Kier molecular flexibility index (Phi) is 5.76. The maximum Gasteiger partial charge on any atom is 0.315 e. The molecule has 1 unspecified atom stereocenters. The number of esters is 1. The van der Waals surface area contributed by atoms with Gasteiger partial charge in [0.15, 0.2) is 8.32 Å². The summed E-state index contributed by atoms with van der Waals surface area (Å²) in [7, 11) is -1.87. The molecule has 3 rings (SSSR count). The minimum absolute atomic E-state index is 0.0494. The maximum atomic E-state index is 11.9. The Morgan fingerprint density at radius 2 is 1.93 bits per heavy atom. The molecule has 156 valence electrons. The summed E-state index contributed by atoms with van der Waals surface area (Å²) >= 11 is 0. The number of aromatic nitrogens is 1. The van der Waals surface area contributed by atoms with Crippen LogP contribution in [0.25, 0.3) is 17.0 Å². The molecule has 1 saturated heterocycles. The molecule has 1 fully saturated rings. The first-order chi connectivity index (χ1) is 13.4. The molecule has 0 saturated carbocycles. The van der Waals surface area contributed by atoms with Crippen molar-refractivity contribution >= 4 is 31.3 Å². The van der Waals surface area contributed by atoms with Gasteiger partial charge in [-0.15, -0.1) is 0 Å². The Morgan fingerprint density at radius 1 is 1.24 bits per heavy atom. The Balaban J connectivity index is 1.85. The van der Waals surface area contributed by atoms with Crippen LogP contribution >= 0.6 is 0 Å². The van der Waals surface area contributed by atoms with E-state index in [0.29, 0.717) is 6.61 Å². The Hall–Kier alpha value is -1.98. The zero-order chi connectivity index (χ0) is 21.4. The quantitative estimate of drug-likeness (QED) is 0.429. The van der Waals surface area contributed by atoms with Crippen LogP contribution in [-0.4, -0.2) is 25.9 Å². The van der Waals surface area contributed by atoms with Crippen LogP contribution in [-0.2, 0) is 14.0 Å². The minimum Gasteiger partial charge on any atom is -0.465 e. The van der Waals surface area contributed by atoms with Gasteiger partial charge < -0.3 is 9.16 Å². The summed E-state index contributed by atoms with van der Waals surface area (Å²) in [6.45, 7) is 15.8. The third-order valence-corrected chi connectivity index (χ3v) is 11.0. The van der Waals surface area contributed by atoms with Crippen molar-refractivity contribution in [2.24, 2.45) is 5.41 Å². The zero-order valence-electron chi connectivity index (χ0n) is 18.7. The van der Waals surface area contributed by atoms with Gasteiger partial charge in [0.2, 0.25) is 0 Å². The first-order valence-corrected chi connectivity index (χ1v) is 13.3. The second kappa shape index (κ2) is 7.69. The molecule has 1 aromatic carbocycles. The van der Waals surface area contributed by atoms with Gasteiger partial charge >= 0.3 is 5.97 Å². The summed E-state index contributed by atoms with van der Waals surface area (Å²) in [5.41, 5.74) is 2.39. The molecular weight excluding hydrogens is 378 g/mol. The smallest absolute Gasteiger partial charge is 0.315 e. The number of ether oxygens (including phenoxy) is 1. The topological polar surface area (TPSA) is 48.4 Å². The molecule has 4 nitrogen and oxygen atoms in total. The van der Waals surface area contributed by atoms with Crippen molar-refractivity contribution in [1.29, 1.82) is 0 Å². The number of hydrogen-bond acceptors (Lipinski definition) is 4. The number of nitrogens with zero attached hydrogens (tertiary/aromatic N) is 1. The fraction of sp³-hybridized carbons (Fsp3) is 0.500. The lowest BCUT2D eigenvalue weighted by Gasteiger charge is -2.38. The number of benzene rings is 1. The van der Waals surface area contributed by atoms with Gasteiger partial charge in [0.05, 0.1) is 29.3 Å². The molecule has 0 N–H and O–H groups in total. The molecule has 1 aliphatic rings. The van der Waals surface area contributed by atoms with Gasteiger partial charge in [-0.1, -0.05) is 51.1 Å². The third kappa shape index (κ3) is 4.62. The second-order valence-electron chi connectivity index (χ2n) is 9.85. The van der Waals surface area contributed by atoms with Crippen LogP contribution < -0.4 is 0 Å². The van der Waals surface area contributed by atoms with E-state index >= 15 is 0 Å². The van der Waals surface area contributed by atoms with Crippen LogP contribution in [0.1, 0.15) is 58.4 Å². The molecule has 0 radical (unpaired) electrons. The molecule has 1 aromatic heterocycles. The Labute approximate surface area is 175 Å². The number of pyridine rings is 1.